The van der Waals surface area contributed by atoms with Gasteiger partial charge in [-0.3, -0.25) is 4.98 Å². The van der Waals surface area contributed by atoms with Crippen LogP contribution in [0.5, 0.6) is 0 Å². The van der Waals surface area contributed by atoms with Gasteiger partial charge >= 0.3 is 0 Å². The van der Waals surface area contributed by atoms with Crippen molar-refractivity contribution in [1.29, 1.82) is 0 Å². The van der Waals surface area contributed by atoms with Crippen LogP contribution in [-0.2, 0) is 6.54 Å². The number of hydrogen-bond acceptors (Lipinski definition) is 3. The smallest absolute Gasteiger partial charge is 0.141 e. The summed E-state index contributed by atoms with van der Waals surface area (Å²) in [4.78, 5) is 8.55. The zero-order chi connectivity index (χ0) is 12.1. The van der Waals surface area contributed by atoms with E-state index >= 15 is 0 Å². The highest BCUT2D eigenvalue weighted by Gasteiger charge is 2.06. The number of hydrogen-bond donors (Lipinski definition) is 1. The lowest BCUT2D eigenvalue weighted by atomic mass is 10.2. The van der Waals surface area contributed by atoms with Crippen LogP contribution in [0.25, 0.3) is 11.4 Å². The highest BCUT2D eigenvalue weighted by molar-refractivity contribution is 9.10. The van der Waals surface area contributed by atoms with E-state index in [2.05, 4.69) is 35.8 Å². The Morgan fingerprint density at radius 1 is 1.41 bits per heavy atom. The molecule has 0 aromatic carbocycles. The molecule has 0 amide bonds. The SMILES string of the molecule is CNCCCn1ccnc1-c1cncc(Br)c1. The third-order valence-corrected chi connectivity index (χ3v) is 2.94. The highest BCUT2D eigenvalue weighted by atomic mass is 79.9. The number of pyridine rings is 1. The predicted octanol–water partition coefficient (Wildman–Crippen LogP) is 2.32. The molecular weight excluding hydrogens is 280 g/mol. The van der Waals surface area contributed by atoms with E-state index in [0.29, 0.717) is 0 Å². The average molecular weight is 295 g/mol. The van der Waals surface area contributed by atoms with Gasteiger partial charge in [-0.2, -0.15) is 0 Å². The first-order valence-electron chi connectivity index (χ1n) is 5.58. The van der Waals surface area contributed by atoms with Gasteiger partial charge in [0.2, 0.25) is 0 Å². The van der Waals surface area contributed by atoms with Crippen LogP contribution >= 0.6 is 15.9 Å². The van der Waals surface area contributed by atoms with Crippen LogP contribution in [0.2, 0.25) is 0 Å². The van der Waals surface area contributed by atoms with Gasteiger partial charge in [-0.05, 0) is 42.0 Å². The maximum absolute atomic E-state index is 4.39. The van der Waals surface area contributed by atoms with Crippen LogP contribution < -0.4 is 5.32 Å². The molecule has 17 heavy (non-hydrogen) atoms. The fraction of sp³-hybridized carbons (Fsp3) is 0.333. The van der Waals surface area contributed by atoms with Gasteiger partial charge in [0.1, 0.15) is 5.82 Å². The molecule has 0 radical (unpaired) electrons. The zero-order valence-corrected chi connectivity index (χ0v) is 11.3. The average Bonchev–Trinajstić information content (AvgIpc) is 2.78. The maximum atomic E-state index is 4.39. The number of rotatable bonds is 5. The van der Waals surface area contributed by atoms with Gasteiger partial charge in [-0.15, -0.1) is 0 Å². The van der Waals surface area contributed by atoms with E-state index in [1.807, 2.05) is 31.7 Å². The molecule has 2 rings (SSSR count). The van der Waals surface area contributed by atoms with E-state index in [0.717, 1.165) is 35.4 Å². The number of aromatic nitrogens is 3. The molecule has 90 valence electrons. The molecule has 1 N–H and O–H groups in total. The minimum absolute atomic E-state index is 0.961. The Morgan fingerprint density at radius 2 is 2.29 bits per heavy atom. The molecule has 2 heterocycles. The minimum atomic E-state index is 0.961. The Bertz CT molecular complexity index is 481. The van der Waals surface area contributed by atoms with Crippen molar-refractivity contribution in [2.24, 2.45) is 0 Å². The Labute approximate surface area is 109 Å². The summed E-state index contributed by atoms with van der Waals surface area (Å²) in [5.41, 5.74) is 1.04. The molecule has 0 unspecified atom stereocenters. The number of nitrogens with zero attached hydrogens (tertiary/aromatic N) is 3. The van der Waals surface area contributed by atoms with Crippen LogP contribution in [0, 0.1) is 0 Å². The van der Waals surface area contributed by atoms with Crippen molar-refractivity contribution in [3.8, 4) is 11.4 Å². The van der Waals surface area contributed by atoms with Gasteiger partial charge < -0.3 is 9.88 Å². The lowest BCUT2D eigenvalue weighted by molar-refractivity contribution is 0.617. The van der Waals surface area contributed by atoms with Crippen LogP contribution in [0.4, 0.5) is 0 Å². The summed E-state index contributed by atoms with van der Waals surface area (Å²) in [6.45, 7) is 1.97. The summed E-state index contributed by atoms with van der Waals surface area (Å²) in [6.07, 6.45) is 8.53. The summed E-state index contributed by atoms with van der Waals surface area (Å²) in [5, 5.41) is 3.14. The summed E-state index contributed by atoms with van der Waals surface area (Å²) in [5.74, 6) is 0.968. The van der Waals surface area contributed by atoms with Gasteiger partial charge in [-0.1, -0.05) is 0 Å². The largest absolute Gasteiger partial charge is 0.331 e. The predicted molar refractivity (Wildman–Crippen MR) is 71.7 cm³/mol. The number of imidazole rings is 1. The fourth-order valence-electron chi connectivity index (χ4n) is 1.71. The fourth-order valence-corrected chi connectivity index (χ4v) is 2.08. The van der Waals surface area contributed by atoms with E-state index in [4.69, 9.17) is 0 Å². The van der Waals surface area contributed by atoms with Crippen molar-refractivity contribution in [3.63, 3.8) is 0 Å². The van der Waals surface area contributed by atoms with E-state index < -0.39 is 0 Å². The van der Waals surface area contributed by atoms with Gasteiger partial charge in [0, 0.05) is 41.4 Å². The molecule has 0 aliphatic rings. The molecular formula is C12H15BrN4. The quantitative estimate of drug-likeness (QED) is 0.861. The summed E-state index contributed by atoms with van der Waals surface area (Å²) >= 11 is 3.43. The first-order chi connectivity index (χ1) is 8.31. The second-order valence-corrected chi connectivity index (χ2v) is 4.71. The molecule has 2 aromatic heterocycles. The topological polar surface area (TPSA) is 42.7 Å². The molecule has 0 fully saturated rings. The standard InChI is InChI=1S/C12H15BrN4/c1-14-3-2-5-17-6-4-16-12(17)10-7-11(13)9-15-8-10/h4,6-9,14H,2-3,5H2,1H3. The number of halogens is 1. The molecule has 5 heteroatoms. The minimum Gasteiger partial charge on any atom is -0.331 e. The van der Waals surface area contributed by atoms with Crippen molar-refractivity contribution >= 4 is 15.9 Å². The van der Waals surface area contributed by atoms with Crippen LogP contribution in [0.1, 0.15) is 6.42 Å². The van der Waals surface area contributed by atoms with Gasteiger partial charge in [0.25, 0.3) is 0 Å². The second kappa shape index (κ2) is 5.93. The van der Waals surface area contributed by atoms with E-state index in [1.165, 1.54) is 0 Å². The molecule has 0 bridgehead atoms. The van der Waals surface area contributed by atoms with E-state index in [-0.39, 0.29) is 0 Å². The molecule has 0 saturated carbocycles. The second-order valence-electron chi connectivity index (χ2n) is 3.79. The van der Waals surface area contributed by atoms with Gasteiger partial charge in [-0.25, -0.2) is 4.98 Å². The third kappa shape index (κ3) is 3.14. The lowest BCUT2D eigenvalue weighted by Gasteiger charge is -2.07. The summed E-state index contributed by atoms with van der Waals surface area (Å²) < 4.78 is 3.13. The third-order valence-electron chi connectivity index (χ3n) is 2.50. The molecule has 0 aliphatic heterocycles. The Morgan fingerprint density at radius 3 is 3.06 bits per heavy atom. The van der Waals surface area contributed by atoms with Crippen molar-refractivity contribution in [1.82, 2.24) is 19.9 Å². The monoisotopic (exact) mass is 294 g/mol. The van der Waals surface area contributed by atoms with Crippen LogP contribution in [0.3, 0.4) is 0 Å². The number of aryl methyl sites for hydroxylation is 1. The first-order valence-corrected chi connectivity index (χ1v) is 6.37. The van der Waals surface area contributed by atoms with Crippen molar-refractivity contribution < 1.29 is 0 Å². The molecule has 0 saturated heterocycles. The molecule has 0 aliphatic carbocycles. The summed E-state index contributed by atoms with van der Waals surface area (Å²) in [7, 11) is 1.97. The van der Waals surface area contributed by atoms with Crippen molar-refractivity contribution in [3.05, 3.63) is 35.3 Å². The zero-order valence-electron chi connectivity index (χ0n) is 9.73. The van der Waals surface area contributed by atoms with E-state index in [1.54, 1.807) is 6.20 Å². The number of nitrogens with one attached hydrogen (secondary N) is 1. The van der Waals surface area contributed by atoms with Crippen LogP contribution in [-0.4, -0.2) is 28.1 Å². The van der Waals surface area contributed by atoms with Gasteiger partial charge in [0.15, 0.2) is 0 Å². The normalized spacial score (nSPS) is 10.7. The van der Waals surface area contributed by atoms with Crippen LogP contribution in [0.15, 0.2) is 35.3 Å². The lowest BCUT2D eigenvalue weighted by Crippen LogP contribution is -2.11. The molecule has 2 aromatic rings. The molecule has 0 spiro atoms. The Balaban J connectivity index is 2.18. The maximum Gasteiger partial charge on any atom is 0.141 e. The highest BCUT2D eigenvalue weighted by Crippen LogP contribution is 2.20. The van der Waals surface area contributed by atoms with E-state index in [9.17, 15) is 0 Å². The molecule has 4 nitrogen and oxygen atoms in total. The summed E-state index contributed by atoms with van der Waals surface area (Å²) in [6, 6.07) is 2.03. The van der Waals surface area contributed by atoms with Crippen molar-refractivity contribution in [2.75, 3.05) is 13.6 Å². The van der Waals surface area contributed by atoms with Gasteiger partial charge in [0.05, 0.1) is 0 Å². The Kier molecular flexibility index (Phi) is 4.28. The molecule has 0 atom stereocenters. The first kappa shape index (κ1) is 12.3. The van der Waals surface area contributed by atoms with Crippen molar-refractivity contribution in [2.45, 2.75) is 13.0 Å². The Hall–Kier alpha value is -1.20.